The van der Waals surface area contributed by atoms with Crippen LogP contribution in [-0.4, -0.2) is 39.2 Å². The van der Waals surface area contributed by atoms with E-state index in [1.165, 1.54) is 24.3 Å². The quantitative estimate of drug-likeness (QED) is 0.186. The van der Waals surface area contributed by atoms with E-state index in [1.54, 1.807) is 12.1 Å². The van der Waals surface area contributed by atoms with Crippen molar-refractivity contribution in [3.8, 4) is 11.5 Å². The van der Waals surface area contributed by atoms with E-state index in [1.807, 2.05) is 27.7 Å². The molecule has 0 radical (unpaired) electrons. The van der Waals surface area contributed by atoms with Crippen molar-refractivity contribution >= 4 is 20.2 Å². The monoisotopic (exact) mass is 656 g/mol. The van der Waals surface area contributed by atoms with Gasteiger partial charge in [-0.2, -0.15) is 0 Å². The number of rotatable bonds is 12. The molecule has 0 fully saturated rings. The Kier molecular flexibility index (Phi) is 15.6. The summed E-state index contributed by atoms with van der Waals surface area (Å²) in [6, 6.07) is 9.28. The van der Waals surface area contributed by atoms with Crippen molar-refractivity contribution < 1.29 is 94.5 Å². The zero-order valence-corrected chi connectivity index (χ0v) is 33.7. The minimum atomic E-state index is -4.80. The molecular weight excluding hydrogens is 610 g/mol. The average Bonchev–Trinajstić information content (AvgIpc) is 2.74. The van der Waals surface area contributed by atoms with Crippen LogP contribution in [0.3, 0.4) is 0 Å². The van der Waals surface area contributed by atoms with Gasteiger partial charge in [-0.15, -0.1) is 0 Å². The van der Waals surface area contributed by atoms with Gasteiger partial charge in [-0.3, -0.25) is 0 Å². The molecule has 8 nitrogen and oxygen atoms in total. The maximum absolute atomic E-state index is 12.1. The number of benzene rings is 2. The fourth-order valence-corrected chi connectivity index (χ4v) is 7.06. The summed E-state index contributed by atoms with van der Waals surface area (Å²) in [6.45, 7) is 20.6. The van der Waals surface area contributed by atoms with Gasteiger partial charge < -0.3 is 18.6 Å². The summed E-state index contributed by atoms with van der Waals surface area (Å²) >= 11 is 0. The smallest absolute Gasteiger partial charge is 0.744 e. The van der Waals surface area contributed by atoms with E-state index in [0.717, 1.165) is 24.0 Å². The van der Waals surface area contributed by atoms with E-state index in [-0.39, 0.29) is 112 Å². The summed E-state index contributed by atoms with van der Waals surface area (Å²) in [5, 5.41) is 0. The molecule has 232 valence electrons. The first-order valence-electron chi connectivity index (χ1n) is 13.8. The molecule has 0 aliphatic rings. The van der Waals surface area contributed by atoms with Crippen LogP contribution in [0.1, 0.15) is 99.6 Å². The van der Waals surface area contributed by atoms with Crippen molar-refractivity contribution in [2.75, 3.05) is 13.2 Å². The van der Waals surface area contributed by atoms with Crippen LogP contribution in [0.2, 0.25) is 0 Å². The van der Waals surface area contributed by atoms with Crippen LogP contribution in [0.4, 0.5) is 0 Å². The Bertz CT molecular complexity index is 1330. The zero-order valence-electron chi connectivity index (χ0n) is 28.1. The molecule has 0 unspecified atom stereocenters. The standard InChI is InChI=1S/C31H48O8S2.2Na/c1-28(2,3)20-30(7,8)22-12-14-24(26(18-22)40(32,33)34)38-16-11-17-39-25-15-13-23(19-27(25)41(35,36)37)31(9,10)21-29(4,5)6;;/h12-15,18-19H,11,16-17,20-21H2,1-10H3,(H,32,33,34)(H,35,36,37);;/q;2*+1/p-2. The minimum Gasteiger partial charge on any atom is -0.744 e. The van der Waals surface area contributed by atoms with Gasteiger partial charge in [-0.05, 0) is 69.9 Å². The van der Waals surface area contributed by atoms with E-state index in [4.69, 9.17) is 9.47 Å². The first kappa shape index (κ1) is 42.9. The van der Waals surface area contributed by atoms with Crippen LogP contribution >= 0.6 is 0 Å². The molecule has 0 N–H and O–H groups in total. The zero-order chi connectivity index (χ0) is 31.7. The summed E-state index contributed by atoms with van der Waals surface area (Å²) in [6.07, 6.45) is 1.78. The van der Waals surface area contributed by atoms with E-state index in [0.29, 0.717) is 0 Å². The van der Waals surface area contributed by atoms with Crippen molar-refractivity contribution in [1.82, 2.24) is 0 Å². The minimum absolute atomic E-state index is 0. The van der Waals surface area contributed by atoms with Crippen LogP contribution in [0.25, 0.3) is 0 Å². The molecule has 0 aliphatic carbocycles. The van der Waals surface area contributed by atoms with Gasteiger partial charge in [0.1, 0.15) is 31.7 Å². The SMILES string of the molecule is CC(C)(C)CC(C)(C)c1ccc(OCCCOc2ccc(C(C)(C)CC(C)(C)C)cc2S(=O)(=O)[O-])c(S(=O)(=O)[O-])c1.[Na+].[Na+]. The summed E-state index contributed by atoms with van der Waals surface area (Å²) in [5.41, 5.74) is 0.672. The molecule has 0 aromatic heterocycles. The van der Waals surface area contributed by atoms with E-state index in [9.17, 15) is 25.9 Å². The van der Waals surface area contributed by atoms with Crippen LogP contribution in [0, 0.1) is 10.8 Å². The summed E-state index contributed by atoms with van der Waals surface area (Å²) < 4.78 is 83.6. The molecule has 2 rings (SSSR count). The second kappa shape index (κ2) is 15.6. The maximum atomic E-state index is 12.1. The Labute approximate surface area is 304 Å². The van der Waals surface area contributed by atoms with E-state index in [2.05, 4.69) is 41.5 Å². The molecule has 43 heavy (non-hydrogen) atoms. The molecular formula is C31H46Na2O8S2. The van der Waals surface area contributed by atoms with Crippen LogP contribution in [0.15, 0.2) is 46.2 Å². The second-order valence-electron chi connectivity index (χ2n) is 14.5. The maximum Gasteiger partial charge on any atom is 1.00 e. The third-order valence-corrected chi connectivity index (χ3v) is 8.45. The molecule has 2 aromatic carbocycles. The molecule has 0 amide bonds. The van der Waals surface area contributed by atoms with Gasteiger partial charge in [0.15, 0.2) is 0 Å². The molecule has 0 spiro atoms. The van der Waals surface area contributed by atoms with Crippen molar-refractivity contribution in [2.45, 2.75) is 109 Å². The fourth-order valence-electron chi connectivity index (χ4n) is 5.77. The average molecular weight is 657 g/mol. The Hall–Kier alpha value is -0.140. The first-order chi connectivity index (χ1) is 18.3. The van der Waals surface area contributed by atoms with Crippen molar-refractivity contribution in [1.29, 1.82) is 0 Å². The van der Waals surface area contributed by atoms with Gasteiger partial charge in [0.25, 0.3) is 0 Å². The molecule has 0 bridgehead atoms. The third kappa shape index (κ3) is 13.6. The van der Waals surface area contributed by atoms with E-state index >= 15 is 0 Å². The first-order valence-corrected chi connectivity index (χ1v) is 16.6. The van der Waals surface area contributed by atoms with Gasteiger partial charge in [-0.25, -0.2) is 16.8 Å². The summed E-state index contributed by atoms with van der Waals surface area (Å²) in [4.78, 5) is -0.850. The number of ether oxygens (including phenoxy) is 2. The van der Waals surface area contributed by atoms with Gasteiger partial charge in [-0.1, -0.05) is 81.4 Å². The van der Waals surface area contributed by atoms with Gasteiger partial charge in [0, 0.05) is 6.42 Å². The topological polar surface area (TPSA) is 133 Å². The van der Waals surface area contributed by atoms with Crippen molar-refractivity contribution in [2.24, 2.45) is 10.8 Å². The summed E-state index contributed by atoms with van der Waals surface area (Å²) in [5.74, 6) is -0.105. The van der Waals surface area contributed by atoms with Gasteiger partial charge in [0.05, 0.1) is 23.0 Å². The van der Waals surface area contributed by atoms with Crippen molar-refractivity contribution in [3.63, 3.8) is 0 Å². The predicted octanol–water partition coefficient (Wildman–Crippen LogP) is 0.778. The molecule has 12 heteroatoms. The normalized spacial score (nSPS) is 13.1. The van der Waals surface area contributed by atoms with Crippen LogP contribution in [-0.2, 0) is 31.1 Å². The van der Waals surface area contributed by atoms with Crippen LogP contribution < -0.4 is 68.6 Å². The Balaban J connectivity index is 0.00000882. The largest absolute Gasteiger partial charge is 1.00 e. The third-order valence-electron chi connectivity index (χ3n) is 6.74. The second-order valence-corrected chi connectivity index (χ2v) is 17.2. The van der Waals surface area contributed by atoms with Crippen LogP contribution in [0.5, 0.6) is 11.5 Å². The Morgan fingerprint density at radius 3 is 1.14 bits per heavy atom. The Morgan fingerprint density at radius 2 is 0.884 bits per heavy atom. The molecule has 0 atom stereocenters. The Morgan fingerprint density at radius 1 is 0.581 bits per heavy atom. The molecule has 0 aliphatic heterocycles. The number of hydrogen-bond donors (Lipinski definition) is 0. The molecule has 2 aromatic rings. The molecule has 0 saturated carbocycles. The fraction of sp³-hybridized carbons (Fsp3) is 0.613. The van der Waals surface area contributed by atoms with Gasteiger partial charge in [0.2, 0.25) is 0 Å². The van der Waals surface area contributed by atoms with Crippen molar-refractivity contribution in [3.05, 3.63) is 47.5 Å². The molecule has 0 saturated heterocycles. The van der Waals surface area contributed by atoms with Gasteiger partial charge >= 0.3 is 59.1 Å². The van der Waals surface area contributed by atoms with E-state index < -0.39 is 30.0 Å². The number of hydrogen-bond acceptors (Lipinski definition) is 8. The summed E-state index contributed by atoms with van der Waals surface area (Å²) in [7, 11) is -9.61. The molecule has 0 heterocycles. The predicted molar refractivity (Wildman–Crippen MR) is 159 cm³/mol.